The summed E-state index contributed by atoms with van der Waals surface area (Å²) in [7, 11) is 1.42. The van der Waals surface area contributed by atoms with Crippen molar-refractivity contribution in [2.24, 2.45) is 0 Å². The maximum atomic E-state index is 12.8. The first-order valence-electron chi connectivity index (χ1n) is 12.4. The summed E-state index contributed by atoms with van der Waals surface area (Å²) in [5.41, 5.74) is -1.03. The normalized spacial score (nSPS) is 22.4. The van der Waals surface area contributed by atoms with Crippen molar-refractivity contribution in [3.05, 3.63) is 51.6 Å². The molecule has 2 aromatic heterocycles. The summed E-state index contributed by atoms with van der Waals surface area (Å²) in [5, 5.41) is 24.4. The van der Waals surface area contributed by atoms with E-state index in [2.05, 4.69) is 10.3 Å². The van der Waals surface area contributed by atoms with E-state index >= 15 is 0 Å². The predicted molar refractivity (Wildman–Crippen MR) is 139 cm³/mol. The number of benzene rings is 1. The molecule has 0 bridgehead atoms. The van der Waals surface area contributed by atoms with Crippen LogP contribution in [-0.2, 0) is 19.0 Å². The van der Waals surface area contributed by atoms with Crippen molar-refractivity contribution in [3.63, 3.8) is 0 Å². The average molecular weight is 545 g/mol. The summed E-state index contributed by atoms with van der Waals surface area (Å²) in [6.07, 6.45) is -4.67. The molecule has 0 radical (unpaired) electrons. The highest BCUT2D eigenvalue weighted by Crippen LogP contribution is 2.38. The van der Waals surface area contributed by atoms with Crippen molar-refractivity contribution in [3.8, 4) is 11.5 Å². The molecular formula is C27H32N2O10. The number of aryl methyl sites for hydroxylation is 2. The highest BCUT2D eigenvalue weighted by atomic mass is 16.7. The van der Waals surface area contributed by atoms with E-state index in [0.29, 0.717) is 5.56 Å². The Morgan fingerprint density at radius 3 is 2.51 bits per heavy atom. The lowest BCUT2D eigenvalue weighted by molar-refractivity contribution is -0.305. The molecule has 1 fully saturated rings. The van der Waals surface area contributed by atoms with Crippen LogP contribution in [0.25, 0.3) is 11.0 Å². The number of H-pyrrole nitrogens is 1. The van der Waals surface area contributed by atoms with Gasteiger partial charge in [0.2, 0.25) is 12.2 Å². The van der Waals surface area contributed by atoms with Gasteiger partial charge in [0, 0.05) is 24.8 Å². The zero-order valence-electron chi connectivity index (χ0n) is 22.5. The van der Waals surface area contributed by atoms with Crippen LogP contribution in [0.1, 0.15) is 48.9 Å². The Morgan fingerprint density at radius 1 is 1.18 bits per heavy atom. The molecule has 1 aromatic carbocycles. The van der Waals surface area contributed by atoms with Gasteiger partial charge < -0.3 is 43.9 Å². The predicted octanol–water partition coefficient (Wildman–Crippen LogP) is 2.91. The van der Waals surface area contributed by atoms with Crippen LogP contribution in [-0.4, -0.2) is 64.4 Å². The first-order valence-corrected chi connectivity index (χ1v) is 12.4. The number of carbonyl (C=O) groups excluding carboxylic acids is 2. The number of rotatable bonds is 7. The van der Waals surface area contributed by atoms with E-state index in [-0.39, 0.29) is 34.5 Å². The lowest BCUT2D eigenvalue weighted by Crippen LogP contribution is -2.65. The van der Waals surface area contributed by atoms with Crippen LogP contribution in [0.3, 0.4) is 0 Å². The number of hydrogen-bond donors (Lipinski definition) is 4. The number of nitrogens with one attached hydrogen (secondary N) is 2. The number of methoxy groups -OCH3 is 1. The Bertz CT molecular complexity index is 1460. The second kappa shape index (κ2) is 10.7. The number of aromatic nitrogens is 1. The van der Waals surface area contributed by atoms with Crippen molar-refractivity contribution in [1.82, 2.24) is 4.98 Å². The molecule has 4 unspecified atom stereocenters. The lowest BCUT2D eigenvalue weighted by atomic mass is 9.89. The lowest BCUT2D eigenvalue weighted by Gasteiger charge is -2.47. The van der Waals surface area contributed by atoms with E-state index in [9.17, 15) is 24.6 Å². The first kappa shape index (κ1) is 28.1. The maximum Gasteiger partial charge on any atom is 0.364 e. The molecule has 4 rings (SSSR count). The van der Waals surface area contributed by atoms with Gasteiger partial charge in [0.25, 0.3) is 0 Å². The number of aliphatic hydroxyl groups excluding tert-OH is 1. The summed E-state index contributed by atoms with van der Waals surface area (Å²) in [6.45, 7) is 8.40. The van der Waals surface area contributed by atoms with Gasteiger partial charge >= 0.3 is 11.6 Å². The summed E-state index contributed by atoms with van der Waals surface area (Å²) in [5.74, 6) is -1.41. The number of hydrogen-bond acceptors (Lipinski definition) is 10. The van der Waals surface area contributed by atoms with Gasteiger partial charge in [-0.1, -0.05) is 6.92 Å². The number of ether oxygens (including phenoxy) is 4. The van der Waals surface area contributed by atoms with Gasteiger partial charge in [-0.25, -0.2) is 9.59 Å². The van der Waals surface area contributed by atoms with E-state index in [1.165, 1.54) is 19.2 Å². The number of carbonyl (C=O) groups is 2. The van der Waals surface area contributed by atoms with Crippen LogP contribution < -0.4 is 15.7 Å². The second-order valence-corrected chi connectivity index (χ2v) is 9.86. The third-order valence-electron chi connectivity index (χ3n) is 6.64. The van der Waals surface area contributed by atoms with Crippen molar-refractivity contribution in [1.29, 1.82) is 0 Å². The molecule has 210 valence electrons. The summed E-state index contributed by atoms with van der Waals surface area (Å²) < 4.78 is 28.6. The smallest absolute Gasteiger partial charge is 0.364 e. The van der Waals surface area contributed by atoms with Crippen molar-refractivity contribution >= 4 is 28.5 Å². The molecule has 3 aromatic rings. The minimum absolute atomic E-state index is 0.0221. The minimum Gasteiger partial charge on any atom is -0.505 e. The number of aromatic amines is 1. The summed E-state index contributed by atoms with van der Waals surface area (Å²) in [6, 6.07) is 6.24. The topological polar surface area (TPSA) is 170 Å². The third-order valence-corrected chi connectivity index (χ3v) is 6.64. The quantitative estimate of drug-likeness (QED) is 0.256. The van der Waals surface area contributed by atoms with Crippen LogP contribution in [0.2, 0.25) is 0 Å². The standard InChI is InChI=1S/C27H32N2O10/c1-7-17(30)29-18-19(31)14-9-11-16(13(3)21(14)37-25(18)34)36-26-20(32)22(23(35-6)27(4,5)39-26)38-24(33)15-10-8-12(2)28-15/h8-11,20,22-23,26,28,31-32H,7H2,1-6H3,(H,29,30). The highest BCUT2D eigenvalue weighted by molar-refractivity contribution is 5.97. The SMILES string of the molecule is CCC(=O)Nc1c(O)c2ccc(OC3OC(C)(C)C(OC)C(OC(=O)c4ccc(C)[nH]4)C3O)c(C)c2oc1=O. The van der Waals surface area contributed by atoms with E-state index in [1.54, 1.807) is 46.8 Å². The fourth-order valence-corrected chi connectivity index (χ4v) is 4.58. The molecule has 1 aliphatic rings. The molecule has 0 spiro atoms. The monoisotopic (exact) mass is 544 g/mol. The Balaban J connectivity index is 1.65. The molecule has 4 atom stereocenters. The fraction of sp³-hybridized carbons (Fsp3) is 0.444. The summed E-state index contributed by atoms with van der Waals surface area (Å²) >= 11 is 0. The molecule has 0 aliphatic carbocycles. The zero-order chi connectivity index (χ0) is 28.6. The molecule has 12 nitrogen and oxygen atoms in total. The second-order valence-electron chi connectivity index (χ2n) is 9.86. The molecule has 39 heavy (non-hydrogen) atoms. The molecule has 1 aliphatic heterocycles. The van der Waals surface area contributed by atoms with Crippen molar-refractivity contribution in [2.75, 3.05) is 12.4 Å². The summed E-state index contributed by atoms with van der Waals surface area (Å²) in [4.78, 5) is 40.0. The van der Waals surface area contributed by atoms with Gasteiger partial charge in [-0.05, 0) is 52.0 Å². The van der Waals surface area contributed by atoms with Crippen LogP contribution in [0, 0.1) is 13.8 Å². The van der Waals surface area contributed by atoms with E-state index < -0.39 is 53.5 Å². The number of aromatic hydroxyl groups is 1. The number of anilines is 1. The molecule has 1 amide bonds. The zero-order valence-corrected chi connectivity index (χ0v) is 22.5. The van der Waals surface area contributed by atoms with Crippen LogP contribution in [0.15, 0.2) is 33.5 Å². The number of esters is 1. The van der Waals surface area contributed by atoms with Crippen LogP contribution in [0.4, 0.5) is 5.69 Å². The van der Waals surface area contributed by atoms with Crippen LogP contribution >= 0.6 is 0 Å². The molecule has 1 saturated heterocycles. The van der Waals surface area contributed by atoms with E-state index in [0.717, 1.165) is 5.69 Å². The number of fused-ring (bicyclic) bond motifs is 1. The third kappa shape index (κ3) is 5.35. The average Bonchev–Trinajstić information content (AvgIpc) is 3.32. The van der Waals surface area contributed by atoms with Gasteiger partial charge in [0.1, 0.15) is 23.1 Å². The van der Waals surface area contributed by atoms with Crippen molar-refractivity contribution in [2.45, 2.75) is 71.2 Å². The number of amides is 1. The van der Waals surface area contributed by atoms with Gasteiger partial charge in [0.05, 0.1) is 11.0 Å². The molecule has 4 N–H and O–H groups in total. The Labute approximate surface area is 223 Å². The van der Waals surface area contributed by atoms with E-state index in [1.807, 2.05) is 0 Å². The Kier molecular flexibility index (Phi) is 7.73. The highest BCUT2D eigenvalue weighted by Gasteiger charge is 2.53. The van der Waals surface area contributed by atoms with Gasteiger partial charge in [-0.2, -0.15) is 0 Å². The fourth-order valence-electron chi connectivity index (χ4n) is 4.58. The molecule has 3 heterocycles. The number of aliphatic hydroxyl groups is 1. The van der Waals surface area contributed by atoms with Gasteiger partial charge in [-0.15, -0.1) is 0 Å². The molecule has 0 saturated carbocycles. The molecular weight excluding hydrogens is 512 g/mol. The minimum atomic E-state index is -1.47. The van der Waals surface area contributed by atoms with Gasteiger partial charge in [-0.3, -0.25) is 4.79 Å². The van der Waals surface area contributed by atoms with Crippen molar-refractivity contribution < 1.29 is 43.2 Å². The van der Waals surface area contributed by atoms with Gasteiger partial charge in [0.15, 0.2) is 23.6 Å². The van der Waals surface area contributed by atoms with Crippen LogP contribution in [0.5, 0.6) is 11.5 Å². The maximum absolute atomic E-state index is 12.8. The molecule has 12 heteroatoms. The largest absolute Gasteiger partial charge is 0.505 e. The van der Waals surface area contributed by atoms with E-state index in [4.69, 9.17) is 23.4 Å². The first-order chi connectivity index (χ1) is 18.4. The Morgan fingerprint density at radius 2 is 1.90 bits per heavy atom. The Hall–Kier alpha value is -3.87.